The highest BCUT2D eigenvalue weighted by Crippen LogP contribution is 2.20. The van der Waals surface area contributed by atoms with E-state index >= 15 is 0 Å². The van der Waals surface area contributed by atoms with Crippen LogP contribution < -0.4 is 5.32 Å². The van der Waals surface area contributed by atoms with Crippen LogP contribution in [0.4, 0.5) is 0 Å². The molecule has 2 amide bonds. The number of likely N-dealkylation sites (tertiary alicyclic amines) is 1. The van der Waals surface area contributed by atoms with Gasteiger partial charge in [-0.25, -0.2) is 0 Å². The molecular formula is C20H23ClN2O3S. The van der Waals surface area contributed by atoms with E-state index in [0.29, 0.717) is 30.2 Å². The van der Waals surface area contributed by atoms with Crippen molar-refractivity contribution in [2.45, 2.75) is 18.6 Å². The first-order valence-corrected chi connectivity index (χ1v) is 10.6. The van der Waals surface area contributed by atoms with Gasteiger partial charge in [0.2, 0.25) is 5.91 Å². The van der Waals surface area contributed by atoms with Crippen LogP contribution in [0.2, 0.25) is 5.02 Å². The van der Waals surface area contributed by atoms with Crippen molar-refractivity contribution in [1.29, 1.82) is 0 Å². The van der Waals surface area contributed by atoms with Gasteiger partial charge in [-0.2, -0.15) is 11.8 Å². The minimum atomic E-state index is -0.148. The number of halogens is 1. The number of nitrogens with one attached hydrogen (secondary N) is 1. The first-order valence-electron chi connectivity index (χ1n) is 9.06. The Morgan fingerprint density at radius 2 is 2.07 bits per heavy atom. The van der Waals surface area contributed by atoms with Gasteiger partial charge in [-0.15, -0.1) is 0 Å². The molecule has 1 fully saturated rings. The zero-order valence-electron chi connectivity index (χ0n) is 15.0. The lowest BCUT2D eigenvalue weighted by atomic mass is 9.96. The average Bonchev–Trinajstić information content (AvgIpc) is 3.21. The Morgan fingerprint density at radius 3 is 2.81 bits per heavy atom. The topological polar surface area (TPSA) is 62.6 Å². The van der Waals surface area contributed by atoms with Crippen LogP contribution in [-0.4, -0.2) is 42.1 Å². The number of amides is 2. The SMILES string of the molecule is O=C(NCCSCc1ccco1)C1CCCN(C(=O)c2ccc(Cl)cc2)C1. The maximum Gasteiger partial charge on any atom is 0.253 e. The summed E-state index contributed by atoms with van der Waals surface area (Å²) in [5, 5.41) is 3.60. The highest BCUT2D eigenvalue weighted by Gasteiger charge is 2.28. The fourth-order valence-corrected chi connectivity index (χ4v) is 3.99. The van der Waals surface area contributed by atoms with Gasteiger partial charge in [0.05, 0.1) is 17.9 Å². The smallest absolute Gasteiger partial charge is 0.253 e. The van der Waals surface area contributed by atoms with E-state index in [1.54, 1.807) is 47.2 Å². The number of carbonyl (C=O) groups excluding carboxylic acids is 2. The highest BCUT2D eigenvalue weighted by atomic mass is 35.5. The number of nitrogens with zero attached hydrogens (tertiary/aromatic N) is 1. The average molecular weight is 407 g/mol. The molecule has 3 rings (SSSR count). The Balaban J connectivity index is 1.42. The number of rotatable bonds is 7. The van der Waals surface area contributed by atoms with Gasteiger partial charge in [-0.3, -0.25) is 9.59 Å². The quantitative estimate of drug-likeness (QED) is 0.709. The van der Waals surface area contributed by atoms with Crippen LogP contribution in [0, 0.1) is 5.92 Å². The monoisotopic (exact) mass is 406 g/mol. The molecule has 1 atom stereocenters. The van der Waals surface area contributed by atoms with Crippen LogP contribution in [0.3, 0.4) is 0 Å². The molecule has 1 aliphatic heterocycles. The first-order chi connectivity index (χ1) is 13.1. The summed E-state index contributed by atoms with van der Waals surface area (Å²) in [4.78, 5) is 26.8. The van der Waals surface area contributed by atoms with Crippen molar-refractivity contribution in [2.24, 2.45) is 5.92 Å². The molecule has 27 heavy (non-hydrogen) atoms. The van der Waals surface area contributed by atoms with Crippen molar-refractivity contribution in [3.63, 3.8) is 0 Å². The molecule has 1 aromatic heterocycles. The predicted octanol–water partition coefficient (Wildman–Crippen LogP) is 3.83. The molecule has 0 aliphatic carbocycles. The third-order valence-corrected chi connectivity index (χ3v) is 5.77. The van der Waals surface area contributed by atoms with Crippen LogP contribution >= 0.6 is 23.4 Å². The zero-order chi connectivity index (χ0) is 19.1. The maximum absolute atomic E-state index is 12.6. The lowest BCUT2D eigenvalue weighted by Gasteiger charge is -2.32. The number of hydrogen-bond donors (Lipinski definition) is 1. The summed E-state index contributed by atoms with van der Waals surface area (Å²) in [5.41, 5.74) is 0.606. The summed E-state index contributed by atoms with van der Waals surface area (Å²) < 4.78 is 5.28. The number of benzene rings is 1. The van der Waals surface area contributed by atoms with Crippen LogP contribution in [0.15, 0.2) is 47.1 Å². The normalized spacial score (nSPS) is 16.9. The Kier molecular flexibility index (Phi) is 7.24. The molecule has 1 aromatic carbocycles. The number of piperidine rings is 1. The van der Waals surface area contributed by atoms with Crippen LogP contribution in [0.5, 0.6) is 0 Å². The Hall–Kier alpha value is -1.92. The van der Waals surface area contributed by atoms with Gasteiger partial charge in [-0.1, -0.05) is 11.6 Å². The molecular weight excluding hydrogens is 384 g/mol. The molecule has 0 spiro atoms. The van der Waals surface area contributed by atoms with Crippen molar-refractivity contribution in [2.75, 3.05) is 25.4 Å². The van der Waals surface area contributed by atoms with Gasteiger partial charge in [0.25, 0.3) is 5.91 Å². The Labute approximate surface area is 168 Å². The van der Waals surface area contributed by atoms with Gasteiger partial charge < -0.3 is 14.6 Å². The van der Waals surface area contributed by atoms with Gasteiger partial charge >= 0.3 is 0 Å². The second-order valence-electron chi connectivity index (χ2n) is 6.52. The molecule has 0 radical (unpaired) electrons. The van der Waals surface area contributed by atoms with E-state index in [9.17, 15) is 9.59 Å². The molecule has 144 valence electrons. The minimum absolute atomic E-state index is 0.0298. The van der Waals surface area contributed by atoms with E-state index < -0.39 is 0 Å². The summed E-state index contributed by atoms with van der Waals surface area (Å²) in [6.45, 7) is 1.77. The summed E-state index contributed by atoms with van der Waals surface area (Å²) in [6.07, 6.45) is 3.32. The largest absolute Gasteiger partial charge is 0.468 e. The van der Waals surface area contributed by atoms with Gasteiger partial charge in [0, 0.05) is 36.0 Å². The molecule has 1 N–H and O–H groups in total. The summed E-state index contributed by atoms with van der Waals surface area (Å²) >= 11 is 7.60. The molecule has 7 heteroatoms. The number of furan rings is 1. The van der Waals surface area contributed by atoms with Crippen LogP contribution in [0.1, 0.15) is 29.0 Å². The molecule has 1 saturated heterocycles. The predicted molar refractivity (Wildman–Crippen MR) is 108 cm³/mol. The molecule has 0 bridgehead atoms. The summed E-state index contributed by atoms with van der Waals surface area (Å²) in [7, 11) is 0. The maximum atomic E-state index is 12.6. The third-order valence-electron chi connectivity index (χ3n) is 4.54. The summed E-state index contributed by atoms with van der Waals surface area (Å²) in [5.74, 6) is 2.41. The van der Waals surface area contributed by atoms with E-state index in [0.717, 1.165) is 30.1 Å². The van der Waals surface area contributed by atoms with Crippen molar-refractivity contribution in [3.8, 4) is 0 Å². The molecule has 5 nitrogen and oxygen atoms in total. The Morgan fingerprint density at radius 1 is 1.26 bits per heavy atom. The number of thioether (sulfide) groups is 1. The third kappa shape index (κ3) is 5.78. The lowest BCUT2D eigenvalue weighted by molar-refractivity contribution is -0.126. The second kappa shape index (κ2) is 9.85. The van der Waals surface area contributed by atoms with Gasteiger partial charge in [0.1, 0.15) is 5.76 Å². The van der Waals surface area contributed by atoms with Crippen LogP contribution in [-0.2, 0) is 10.5 Å². The number of hydrogen-bond acceptors (Lipinski definition) is 4. The standard InChI is InChI=1S/C20H23ClN2O3S/c21-17-7-5-15(6-8-17)20(25)23-10-1-3-16(13-23)19(24)22-9-12-27-14-18-4-2-11-26-18/h2,4-8,11,16H,1,3,9-10,12-14H2,(H,22,24). The number of carbonyl (C=O) groups is 2. The van der Waals surface area contributed by atoms with Gasteiger partial charge in [0.15, 0.2) is 0 Å². The first kappa shape index (κ1) is 19.8. The minimum Gasteiger partial charge on any atom is -0.468 e. The fraction of sp³-hybridized carbons (Fsp3) is 0.400. The molecule has 0 saturated carbocycles. The summed E-state index contributed by atoms with van der Waals surface area (Å²) in [6, 6.07) is 10.7. The molecule has 2 heterocycles. The van der Waals surface area contributed by atoms with E-state index in [-0.39, 0.29) is 17.7 Å². The van der Waals surface area contributed by atoms with Gasteiger partial charge in [-0.05, 0) is 49.2 Å². The van der Waals surface area contributed by atoms with Crippen LogP contribution in [0.25, 0.3) is 0 Å². The van der Waals surface area contributed by atoms with E-state index in [4.69, 9.17) is 16.0 Å². The van der Waals surface area contributed by atoms with Crippen molar-refractivity contribution in [3.05, 3.63) is 59.0 Å². The molecule has 2 aromatic rings. The molecule has 1 unspecified atom stereocenters. The zero-order valence-corrected chi connectivity index (χ0v) is 16.6. The van der Waals surface area contributed by atoms with Crippen molar-refractivity contribution >= 4 is 35.2 Å². The fourth-order valence-electron chi connectivity index (χ4n) is 3.11. The highest BCUT2D eigenvalue weighted by molar-refractivity contribution is 7.98. The lowest BCUT2D eigenvalue weighted by Crippen LogP contribution is -2.45. The molecule has 1 aliphatic rings. The Bertz CT molecular complexity index is 749. The van der Waals surface area contributed by atoms with E-state index in [2.05, 4.69) is 5.32 Å². The van der Waals surface area contributed by atoms with Crippen molar-refractivity contribution in [1.82, 2.24) is 10.2 Å². The van der Waals surface area contributed by atoms with E-state index in [1.165, 1.54) is 0 Å². The van der Waals surface area contributed by atoms with Crippen molar-refractivity contribution < 1.29 is 14.0 Å². The van der Waals surface area contributed by atoms with E-state index in [1.807, 2.05) is 12.1 Å². The second-order valence-corrected chi connectivity index (χ2v) is 8.06.